The highest BCUT2D eigenvalue weighted by Crippen LogP contribution is 2.00. The van der Waals surface area contributed by atoms with Crippen molar-refractivity contribution in [3.8, 4) is 0 Å². The first-order chi connectivity index (χ1) is 9.73. The Kier molecular flexibility index (Phi) is 8.09. The average Bonchev–Trinajstić information content (AvgIpc) is 2.39. The van der Waals surface area contributed by atoms with Crippen molar-refractivity contribution >= 4 is 17.8 Å². The normalized spacial score (nSPS) is 11.8. The summed E-state index contributed by atoms with van der Waals surface area (Å²) in [6.45, 7) is 1.22. The van der Waals surface area contributed by atoms with Crippen molar-refractivity contribution in [1.29, 1.82) is 0 Å². The van der Waals surface area contributed by atoms with Gasteiger partial charge < -0.3 is 21.7 Å². The molecule has 1 atom stereocenters. The number of aliphatic carboxylic acids is 2. The van der Waals surface area contributed by atoms with Crippen LogP contribution in [0.25, 0.3) is 0 Å². The quantitative estimate of drug-likeness (QED) is 0.569. The number of carboxylic acid groups (broad SMARTS) is 2. The standard InChI is InChI=1S/C9H12N2O.C5H6O4/c10-8(9(11)12)6-7-4-2-1-3-5-7;1-3(5(8)9)2-4(6)7/h1-5,8H,6,10H2,(H2,11,12);2H,1H3,(H,6,7)(H,8,9)/b;3-2-. The Labute approximate surface area is 121 Å². The van der Waals surface area contributed by atoms with Gasteiger partial charge in [-0.1, -0.05) is 30.3 Å². The predicted octanol–water partition coefficient (Wildman–Crippen LogP) is 0.144. The highest BCUT2D eigenvalue weighted by atomic mass is 16.4. The molecular formula is C14H18N2O5. The number of hydrogen-bond acceptors (Lipinski definition) is 4. The van der Waals surface area contributed by atoms with E-state index in [-0.39, 0.29) is 5.57 Å². The Morgan fingerprint density at radius 1 is 1.19 bits per heavy atom. The first kappa shape index (κ1) is 18.3. The summed E-state index contributed by atoms with van der Waals surface area (Å²) >= 11 is 0. The van der Waals surface area contributed by atoms with E-state index in [4.69, 9.17) is 21.7 Å². The van der Waals surface area contributed by atoms with Crippen molar-refractivity contribution < 1.29 is 24.6 Å². The number of hydrogen-bond donors (Lipinski definition) is 4. The van der Waals surface area contributed by atoms with Crippen LogP contribution in [0.15, 0.2) is 42.0 Å². The zero-order chi connectivity index (χ0) is 16.4. The van der Waals surface area contributed by atoms with E-state index in [1.165, 1.54) is 6.92 Å². The largest absolute Gasteiger partial charge is 0.478 e. The Morgan fingerprint density at radius 3 is 2.05 bits per heavy atom. The minimum atomic E-state index is -1.24. The van der Waals surface area contributed by atoms with Crippen molar-refractivity contribution in [1.82, 2.24) is 0 Å². The molecule has 0 saturated carbocycles. The number of benzene rings is 1. The van der Waals surface area contributed by atoms with E-state index in [1.54, 1.807) is 0 Å². The molecule has 1 aromatic rings. The summed E-state index contributed by atoms with van der Waals surface area (Å²) in [4.78, 5) is 30.3. The average molecular weight is 294 g/mol. The molecule has 0 bridgehead atoms. The monoisotopic (exact) mass is 294 g/mol. The lowest BCUT2D eigenvalue weighted by Crippen LogP contribution is -2.38. The summed E-state index contributed by atoms with van der Waals surface area (Å²) in [5.41, 5.74) is 11.3. The van der Waals surface area contributed by atoms with E-state index in [1.807, 2.05) is 30.3 Å². The van der Waals surface area contributed by atoms with Crippen molar-refractivity contribution in [2.24, 2.45) is 11.5 Å². The van der Waals surface area contributed by atoms with Gasteiger partial charge in [-0.3, -0.25) is 4.79 Å². The number of amides is 1. The van der Waals surface area contributed by atoms with E-state index in [0.29, 0.717) is 12.5 Å². The molecule has 1 aromatic carbocycles. The number of rotatable bonds is 5. The molecule has 0 radical (unpaired) electrons. The Balaban J connectivity index is 0.000000400. The van der Waals surface area contributed by atoms with Crippen LogP contribution in [0.3, 0.4) is 0 Å². The van der Waals surface area contributed by atoms with Crippen LogP contribution in [-0.4, -0.2) is 34.1 Å². The van der Waals surface area contributed by atoms with Gasteiger partial charge >= 0.3 is 11.9 Å². The van der Waals surface area contributed by atoms with Crippen molar-refractivity contribution in [3.05, 3.63) is 47.5 Å². The number of primary amides is 1. The Hall–Kier alpha value is -2.67. The molecular weight excluding hydrogens is 276 g/mol. The second-order valence-corrected chi connectivity index (χ2v) is 4.17. The van der Waals surface area contributed by atoms with Gasteiger partial charge in [-0.25, -0.2) is 9.59 Å². The lowest BCUT2D eigenvalue weighted by molar-refractivity contribution is -0.135. The summed E-state index contributed by atoms with van der Waals surface area (Å²) in [6, 6.07) is 8.99. The molecule has 0 aromatic heterocycles. The lowest BCUT2D eigenvalue weighted by Gasteiger charge is -2.06. The van der Waals surface area contributed by atoms with Crippen molar-refractivity contribution in [2.45, 2.75) is 19.4 Å². The molecule has 0 aliphatic carbocycles. The van der Waals surface area contributed by atoms with Crippen LogP contribution in [0.1, 0.15) is 12.5 Å². The molecule has 1 amide bonds. The fourth-order valence-electron chi connectivity index (χ4n) is 1.22. The molecule has 1 unspecified atom stereocenters. The Morgan fingerprint density at radius 2 is 1.71 bits per heavy atom. The van der Waals surface area contributed by atoms with Gasteiger partial charge in [-0.15, -0.1) is 0 Å². The van der Waals surface area contributed by atoms with Crippen LogP contribution in [0, 0.1) is 0 Å². The highest BCUT2D eigenvalue weighted by molar-refractivity contribution is 5.94. The predicted molar refractivity (Wildman–Crippen MR) is 76.3 cm³/mol. The van der Waals surface area contributed by atoms with Crippen LogP contribution in [0.5, 0.6) is 0 Å². The van der Waals surface area contributed by atoms with Crippen LogP contribution in [0.4, 0.5) is 0 Å². The molecule has 0 heterocycles. The van der Waals surface area contributed by atoms with Gasteiger partial charge in [0.2, 0.25) is 5.91 Å². The second-order valence-electron chi connectivity index (χ2n) is 4.17. The van der Waals surface area contributed by atoms with E-state index in [0.717, 1.165) is 5.56 Å². The van der Waals surface area contributed by atoms with Gasteiger partial charge in [0.25, 0.3) is 0 Å². The fourth-order valence-corrected chi connectivity index (χ4v) is 1.22. The Bertz CT molecular complexity index is 525. The zero-order valence-electron chi connectivity index (χ0n) is 11.5. The van der Waals surface area contributed by atoms with Gasteiger partial charge in [0, 0.05) is 11.6 Å². The molecule has 0 saturated heterocycles. The molecule has 21 heavy (non-hydrogen) atoms. The smallest absolute Gasteiger partial charge is 0.331 e. The minimum absolute atomic E-state index is 0.178. The summed E-state index contributed by atoms with van der Waals surface area (Å²) in [7, 11) is 0. The molecule has 114 valence electrons. The molecule has 6 N–H and O–H groups in total. The highest BCUT2D eigenvalue weighted by Gasteiger charge is 2.08. The first-order valence-corrected chi connectivity index (χ1v) is 5.97. The summed E-state index contributed by atoms with van der Waals surface area (Å²) in [6.07, 6.45) is 1.15. The second kappa shape index (κ2) is 9.27. The van der Waals surface area contributed by atoms with Gasteiger partial charge in [-0.05, 0) is 18.9 Å². The number of carbonyl (C=O) groups is 3. The molecule has 0 fully saturated rings. The molecule has 0 aliphatic rings. The van der Waals surface area contributed by atoms with Gasteiger partial charge in [0.15, 0.2) is 0 Å². The third kappa shape index (κ3) is 8.95. The van der Waals surface area contributed by atoms with Crippen LogP contribution >= 0.6 is 0 Å². The van der Waals surface area contributed by atoms with Crippen molar-refractivity contribution in [3.63, 3.8) is 0 Å². The maximum absolute atomic E-state index is 10.6. The number of nitrogens with two attached hydrogens (primary N) is 2. The van der Waals surface area contributed by atoms with Gasteiger partial charge in [0.1, 0.15) is 0 Å². The molecule has 7 nitrogen and oxygen atoms in total. The zero-order valence-corrected chi connectivity index (χ0v) is 11.5. The fraction of sp³-hybridized carbons (Fsp3) is 0.214. The maximum atomic E-state index is 10.6. The number of carbonyl (C=O) groups excluding carboxylic acids is 1. The van der Waals surface area contributed by atoms with Gasteiger partial charge in [-0.2, -0.15) is 0 Å². The van der Waals surface area contributed by atoms with E-state index < -0.39 is 23.9 Å². The third-order valence-corrected chi connectivity index (χ3v) is 2.34. The van der Waals surface area contributed by atoms with Crippen LogP contribution < -0.4 is 11.5 Å². The third-order valence-electron chi connectivity index (χ3n) is 2.34. The molecule has 1 rings (SSSR count). The molecule has 0 spiro atoms. The lowest BCUT2D eigenvalue weighted by atomic mass is 10.1. The SMILES string of the molecule is C/C(=C/C(=O)O)C(=O)O.NC(=O)C(N)Cc1ccccc1. The topological polar surface area (TPSA) is 144 Å². The van der Waals surface area contributed by atoms with Crippen molar-refractivity contribution in [2.75, 3.05) is 0 Å². The molecule has 0 aliphatic heterocycles. The van der Waals surface area contributed by atoms with Gasteiger partial charge in [0.05, 0.1) is 6.04 Å². The first-order valence-electron chi connectivity index (χ1n) is 5.97. The number of carboxylic acids is 2. The summed E-state index contributed by atoms with van der Waals surface area (Å²) in [5, 5.41) is 16.1. The minimum Gasteiger partial charge on any atom is -0.478 e. The molecule has 7 heteroatoms. The maximum Gasteiger partial charge on any atom is 0.331 e. The summed E-state index contributed by atoms with van der Waals surface area (Å²) in [5.74, 6) is -2.91. The van der Waals surface area contributed by atoms with E-state index in [2.05, 4.69) is 0 Å². The van der Waals surface area contributed by atoms with E-state index >= 15 is 0 Å². The van der Waals surface area contributed by atoms with E-state index in [9.17, 15) is 14.4 Å². The summed E-state index contributed by atoms with van der Waals surface area (Å²) < 4.78 is 0. The van der Waals surface area contributed by atoms with Crippen LogP contribution in [-0.2, 0) is 20.8 Å². The van der Waals surface area contributed by atoms with Crippen LogP contribution in [0.2, 0.25) is 0 Å².